The highest BCUT2D eigenvalue weighted by molar-refractivity contribution is 7.90. The Bertz CT molecular complexity index is 809. The molecule has 1 aromatic rings. The highest BCUT2D eigenvalue weighted by Crippen LogP contribution is 2.57. The van der Waals surface area contributed by atoms with Crippen LogP contribution in [-0.2, 0) is 10.0 Å². The largest absolute Gasteiger partial charge is 0.511 e. The van der Waals surface area contributed by atoms with Crippen LogP contribution in [0.1, 0.15) is 35.3 Å². The van der Waals surface area contributed by atoms with Crippen molar-refractivity contribution in [3.8, 4) is 5.75 Å². The second-order valence-electron chi connectivity index (χ2n) is 6.71. The second-order valence-corrected chi connectivity index (χ2v) is 8.47. The molecule has 0 aliphatic heterocycles. The van der Waals surface area contributed by atoms with E-state index in [1.165, 1.54) is 17.0 Å². The Morgan fingerprint density at radius 3 is 2.58 bits per heavy atom. The number of amides is 1. The summed E-state index contributed by atoms with van der Waals surface area (Å²) in [5, 5.41) is 3.00. The lowest BCUT2D eigenvalue weighted by molar-refractivity contribution is -0.0450. The van der Waals surface area contributed by atoms with E-state index in [4.69, 9.17) is 4.74 Å². The molecule has 0 saturated heterocycles. The summed E-state index contributed by atoms with van der Waals surface area (Å²) in [5.74, 6) is 0.616. The van der Waals surface area contributed by atoms with E-state index in [1.807, 2.05) is 0 Å². The zero-order valence-corrected chi connectivity index (χ0v) is 14.7. The summed E-state index contributed by atoms with van der Waals surface area (Å²) in [6, 6.07) is 1.45. The van der Waals surface area contributed by atoms with E-state index in [0.29, 0.717) is 17.2 Å². The van der Waals surface area contributed by atoms with E-state index in [9.17, 15) is 26.4 Å². The summed E-state index contributed by atoms with van der Waals surface area (Å²) in [7, 11) is -5.40. The molecule has 2 N–H and O–H groups in total. The summed E-state index contributed by atoms with van der Waals surface area (Å²) in [6.07, 6.45) is 4.29. The molecular formula is C15H18F3N3O4S. The minimum atomic E-state index is -5.40. The van der Waals surface area contributed by atoms with Gasteiger partial charge in [0.25, 0.3) is 5.91 Å². The van der Waals surface area contributed by atoms with Crippen LogP contribution in [0.4, 0.5) is 13.2 Å². The summed E-state index contributed by atoms with van der Waals surface area (Å²) < 4.78 is 64.9. The van der Waals surface area contributed by atoms with Crippen molar-refractivity contribution in [3.05, 3.63) is 23.5 Å². The molecule has 3 fully saturated rings. The molecule has 0 atom stereocenters. The Balaban J connectivity index is 1.55. The fraction of sp³-hybridized carbons (Fsp3) is 0.600. The normalized spacial score (nSPS) is 24.4. The number of carbonyl (C=O) groups is 1. The Labute approximate surface area is 148 Å². The molecule has 1 heterocycles. The molecule has 0 aromatic carbocycles. The number of nitrogens with one attached hydrogen (secondary N) is 2. The number of sulfonamides is 1. The van der Waals surface area contributed by atoms with Crippen molar-refractivity contribution in [3.63, 3.8) is 0 Å². The lowest BCUT2D eigenvalue weighted by Gasteiger charge is -2.61. The number of halogens is 3. The van der Waals surface area contributed by atoms with Crippen molar-refractivity contribution in [2.24, 2.45) is 5.92 Å². The van der Waals surface area contributed by atoms with Crippen molar-refractivity contribution in [1.82, 2.24) is 15.0 Å². The predicted molar refractivity (Wildman–Crippen MR) is 85.0 cm³/mol. The number of aryl methyl sites for hydroxylation is 1. The van der Waals surface area contributed by atoms with E-state index < -0.39 is 22.1 Å². The van der Waals surface area contributed by atoms with E-state index in [-0.39, 0.29) is 23.8 Å². The van der Waals surface area contributed by atoms with Crippen molar-refractivity contribution >= 4 is 15.9 Å². The van der Waals surface area contributed by atoms with E-state index in [2.05, 4.69) is 10.3 Å². The third-order valence-electron chi connectivity index (χ3n) is 4.69. The van der Waals surface area contributed by atoms with Crippen LogP contribution in [0, 0.1) is 12.8 Å². The molecule has 7 nitrogen and oxygen atoms in total. The molecular weight excluding hydrogens is 375 g/mol. The number of pyridine rings is 1. The molecule has 4 rings (SSSR count). The van der Waals surface area contributed by atoms with Crippen molar-refractivity contribution in [2.75, 3.05) is 13.2 Å². The predicted octanol–water partition coefficient (Wildman–Crippen LogP) is 1.49. The Hall–Kier alpha value is -1.88. The maximum absolute atomic E-state index is 12.4. The van der Waals surface area contributed by atoms with Gasteiger partial charge in [-0.05, 0) is 38.2 Å². The summed E-state index contributed by atoms with van der Waals surface area (Å²) >= 11 is 0. The maximum atomic E-state index is 12.4. The number of nitrogens with zero attached hydrogens (tertiary/aromatic N) is 1. The fourth-order valence-electron chi connectivity index (χ4n) is 3.19. The van der Waals surface area contributed by atoms with E-state index in [0.717, 1.165) is 19.3 Å². The monoisotopic (exact) mass is 393 g/mol. The molecule has 3 saturated carbocycles. The average Bonchev–Trinajstić information content (AvgIpc) is 2.46. The van der Waals surface area contributed by atoms with Gasteiger partial charge in [0, 0.05) is 12.1 Å². The number of aromatic nitrogens is 1. The number of hydrogen-bond donors (Lipinski definition) is 2. The van der Waals surface area contributed by atoms with Gasteiger partial charge in [-0.3, -0.25) is 9.78 Å². The van der Waals surface area contributed by atoms with Gasteiger partial charge in [0.15, 0.2) is 0 Å². The molecule has 1 amide bonds. The minimum absolute atomic E-state index is 0.0963. The number of hydrogen-bond acceptors (Lipinski definition) is 5. The molecule has 3 aliphatic carbocycles. The first-order valence-electron chi connectivity index (χ1n) is 7.99. The van der Waals surface area contributed by atoms with Crippen molar-refractivity contribution < 1.29 is 31.1 Å². The molecule has 0 unspecified atom stereocenters. The standard InChI is InChI=1S/C15H18F3N3O4S/c1-9-12(13(22)21-14-5-10(6-14)7-14)4-11(8-19-9)25-3-2-20-26(23,24)15(16,17)18/h4,8,10,20H,2-3,5-7H2,1H3,(H,21,22). The van der Waals surface area contributed by atoms with Gasteiger partial charge >= 0.3 is 15.5 Å². The number of ether oxygens (including phenoxy) is 1. The van der Waals surface area contributed by atoms with Crippen LogP contribution in [0.2, 0.25) is 0 Å². The topological polar surface area (TPSA) is 97.4 Å². The van der Waals surface area contributed by atoms with Crippen LogP contribution >= 0.6 is 0 Å². The lowest BCUT2D eigenvalue weighted by atomic mass is 9.50. The van der Waals surface area contributed by atoms with Gasteiger partial charge in [0.1, 0.15) is 12.4 Å². The van der Waals surface area contributed by atoms with Crippen molar-refractivity contribution in [1.29, 1.82) is 0 Å². The number of alkyl halides is 3. The molecule has 26 heavy (non-hydrogen) atoms. The van der Waals surface area contributed by atoms with Gasteiger partial charge in [-0.25, -0.2) is 13.1 Å². The SMILES string of the molecule is Cc1ncc(OCCNS(=O)(=O)C(F)(F)F)cc1C(=O)NC12CC(C1)C2. The zero-order valence-electron chi connectivity index (χ0n) is 13.9. The van der Waals surface area contributed by atoms with Crippen LogP contribution < -0.4 is 14.8 Å². The minimum Gasteiger partial charge on any atom is -0.491 e. The highest BCUT2D eigenvalue weighted by Gasteiger charge is 2.57. The van der Waals surface area contributed by atoms with Gasteiger partial charge in [0.05, 0.1) is 17.5 Å². The molecule has 1 aromatic heterocycles. The van der Waals surface area contributed by atoms with Crippen LogP contribution in [0.15, 0.2) is 12.3 Å². The summed E-state index contributed by atoms with van der Waals surface area (Å²) in [5.41, 5.74) is -4.64. The molecule has 3 aliphatic rings. The van der Waals surface area contributed by atoms with Gasteiger partial charge < -0.3 is 10.1 Å². The number of carbonyl (C=O) groups excluding carboxylic acids is 1. The Kier molecular flexibility index (Phi) is 4.63. The zero-order chi connectivity index (χ0) is 19.2. The molecule has 2 bridgehead atoms. The second kappa shape index (κ2) is 6.38. The third-order valence-corrected chi connectivity index (χ3v) is 5.88. The van der Waals surface area contributed by atoms with Gasteiger partial charge in [-0.1, -0.05) is 0 Å². The first-order chi connectivity index (χ1) is 12.0. The highest BCUT2D eigenvalue weighted by atomic mass is 32.2. The fourth-order valence-corrected chi connectivity index (χ4v) is 3.70. The lowest BCUT2D eigenvalue weighted by Crippen LogP contribution is -2.68. The van der Waals surface area contributed by atoms with Crippen LogP contribution in [0.3, 0.4) is 0 Å². The quantitative estimate of drug-likeness (QED) is 0.684. The van der Waals surface area contributed by atoms with Gasteiger partial charge in [-0.2, -0.15) is 13.2 Å². The Morgan fingerprint density at radius 1 is 1.38 bits per heavy atom. The number of rotatable bonds is 7. The van der Waals surface area contributed by atoms with Crippen molar-refractivity contribution in [2.45, 2.75) is 37.2 Å². The average molecular weight is 393 g/mol. The van der Waals surface area contributed by atoms with Crippen LogP contribution in [-0.4, -0.2) is 43.5 Å². The maximum Gasteiger partial charge on any atom is 0.511 e. The smallest absolute Gasteiger partial charge is 0.491 e. The molecule has 0 radical (unpaired) electrons. The van der Waals surface area contributed by atoms with E-state index >= 15 is 0 Å². The van der Waals surface area contributed by atoms with Gasteiger partial charge in [0.2, 0.25) is 0 Å². The van der Waals surface area contributed by atoms with Crippen LogP contribution in [0.5, 0.6) is 5.75 Å². The molecule has 0 spiro atoms. The first kappa shape index (κ1) is 18.9. The Morgan fingerprint density at radius 2 is 2.04 bits per heavy atom. The molecule has 11 heteroatoms. The van der Waals surface area contributed by atoms with E-state index in [1.54, 1.807) is 6.92 Å². The third kappa shape index (κ3) is 3.63. The summed E-state index contributed by atoms with van der Waals surface area (Å²) in [4.78, 5) is 16.4. The first-order valence-corrected chi connectivity index (χ1v) is 9.48. The van der Waals surface area contributed by atoms with Gasteiger partial charge in [-0.15, -0.1) is 0 Å². The molecule has 144 valence electrons. The van der Waals surface area contributed by atoms with Crippen LogP contribution in [0.25, 0.3) is 0 Å². The summed E-state index contributed by atoms with van der Waals surface area (Å²) in [6.45, 7) is 0.757.